The molecule has 4 N–H and O–H groups in total. The maximum atomic E-state index is 13.1. The molecule has 2 aromatic rings. The van der Waals surface area contributed by atoms with Gasteiger partial charge in [-0.3, -0.25) is 14.4 Å². The van der Waals surface area contributed by atoms with E-state index in [0.717, 1.165) is 24.8 Å². The largest absolute Gasteiger partial charge is 0.369 e. The van der Waals surface area contributed by atoms with Crippen LogP contribution in [0.15, 0.2) is 60.7 Å². The van der Waals surface area contributed by atoms with Gasteiger partial charge in [-0.15, -0.1) is 0 Å². The fourth-order valence-electron chi connectivity index (χ4n) is 6.12. The number of nitrogens with two attached hydrogens (primary N) is 1. The van der Waals surface area contributed by atoms with Crippen molar-refractivity contribution in [2.45, 2.75) is 45.1 Å². The first-order valence-electron chi connectivity index (χ1n) is 12.4. The summed E-state index contributed by atoms with van der Waals surface area (Å²) in [5.74, 6) is -0.368. The highest BCUT2D eigenvalue weighted by molar-refractivity contribution is 5.87. The summed E-state index contributed by atoms with van der Waals surface area (Å²) in [5, 5.41) is 5.86. The summed E-state index contributed by atoms with van der Waals surface area (Å²) in [5.41, 5.74) is 7.96. The van der Waals surface area contributed by atoms with Crippen LogP contribution in [0.2, 0.25) is 0 Å². The monoisotopic (exact) mass is 461 g/mol. The second kappa shape index (κ2) is 10.9. The predicted molar refractivity (Wildman–Crippen MR) is 131 cm³/mol. The molecule has 4 rings (SSSR count). The summed E-state index contributed by atoms with van der Waals surface area (Å²) in [6, 6.07) is 19.8. The van der Waals surface area contributed by atoms with E-state index in [1.165, 1.54) is 5.56 Å². The number of aryl methyl sites for hydroxylation is 1. The Labute approximate surface area is 201 Å². The Morgan fingerprint density at radius 2 is 1.56 bits per heavy atom. The Morgan fingerprint density at radius 3 is 2.21 bits per heavy atom. The van der Waals surface area contributed by atoms with Crippen LogP contribution in [-0.4, -0.2) is 30.3 Å². The third-order valence-electron chi connectivity index (χ3n) is 7.89. The number of benzene rings is 2. The summed E-state index contributed by atoms with van der Waals surface area (Å²) < 4.78 is 0. The quantitative estimate of drug-likeness (QED) is 0.507. The van der Waals surface area contributed by atoms with Crippen LogP contribution >= 0.6 is 0 Å². The number of amides is 3. The minimum absolute atomic E-state index is 0.0940. The number of hydrogen-bond donors (Lipinski definition) is 3. The topological polar surface area (TPSA) is 101 Å². The van der Waals surface area contributed by atoms with E-state index >= 15 is 0 Å². The molecule has 6 nitrogen and oxygen atoms in total. The van der Waals surface area contributed by atoms with Crippen molar-refractivity contribution in [1.29, 1.82) is 0 Å². The number of rotatable bonds is 10. The predicted octanol–water partition coefficient (Wildman–Crippen LogP) is 2.86. The van der Waals surface area contributed by atoms with Gasteiger partial charge in [-0.25, -0.2) is 0 Å². The van der Waals surface area contributed by atoms with E-state index in [1.54, 1.807) is 0 Å². The fraction of sp³-hybridized carbons (Fsp3) is 0.464. The summed E-state index contributed by atoms with van der Waals surface area (Å²) in [6.07, 6.45) is 4.10. The molecular formula is C28H35N3O3. The second-order valence-electron chi connectivity index (χ2n) is 9.91. The van der Waals surface area contributed by atoms with Crippen LogP contribution in [0.4, 0.5) is 0 Å². The molecule has 0 aromatic heterocycles. The zero-order valence-electron chi connectivity index (χ0n) is 19.8. The van der Waals surface area contributed by atoms with Crippen molar-refractivity contribution < 1.29 is 14.4 Å². The lowest BCUT2D eigenvalue weighted by molar-refractivity contribution is -0.130. The molecule has 2 saturated carbocycles. The first-order valence-corrected chi connectivity index (χ1v) is 12.4. The van der Waals surface area contributed by atoms with Gasteiger partial charge in [-0.2, -0.15) is 0 Å². The van der Waals surface area contributed by atoms with Gasteiger partial charge < -0.3 is 16.4 Å². The summed E-state index contributed by atoms with van der Waals surface area (Å²) in [7, 11) is 0. The summed E-state index contributed by atoms with van der Waals surface area (Å²) in [6.45, 7) is 2.05. The number of hydrogen-bond acceptors (Lipinski definition) is 3. The van der Waals surface area contributed by atoms with Crippen LogP contribution in [0.5, 0.6) is 0 Å². The molecule has 3 amide bonds. The maximum Gasteiger partial charge on any atom is 0.239 e. The van der Waals surface area contributed by atoms with Crippen LogP contribution < -0.4 is 16.4 Å². The molecule has 2 aromatic carbocycles. The third kappa shape index (κ3) is 5.49. The highest BCUT2D eigenvalue weighted by Gasteiger charge is 2.55. The van der Waals surface area contributed by atoms with Crippen molar-refractivity contribution in [3.05, 3.63) is 71.8 Å². The van der Waals surface area contributed by atoms with Crippen molar-refractivity contribution in [1.82, 2.24) is 10.6 Å². The van der Waals surface area contributed by atoms with Gasteiger partial charge in [0.1, 0.15) is 0 Å². The second-order valence-corrected chi connectivity index (χ2v) is 9.91. The van der Waals surface area contributed by atoms with E-state index in [2.05, 4.69) is 29.7 Å². The van der Waals surface area contributed by atoms with Crippen molar-refractivity contribution in [3.8, 4) is 0 Å². The van der Waals surface area contributed by atoms with Crippen LogP contribution in [-0.2, 0) is 27.2 Å². The Hall–Kier alpha value is -3.15. The van der Waals surface area contributed by atoms with E-state index < -0.39 is 0 Å². The summed E-state index contributed by atoms with van der Waals surface area (Å²) >= 11 is 0. The van der Waals surface area contributed by atoms with Gasteiger partial charge in [0.25, 0.3) is 0 Å². The highest BCUT2D eigenvalue weighted by Crippen LogP contribution is 2.52. The Morgan fingerprint density at radius 1 is 0.941 bits per heavy atom. The molecule has 2 aliphatic carbocycles. The molecular weight excluding hydrogens is 426 g/mol. The van der Waals surface area contributed by atoms with Gasteiger partial charge in [0.05, 0.1) is 12.5 Å². The van der Waals surface area contributed by atoms with E-state index in [-0.39, 0.29) is 54.0 Å². The van der Waals surface area contributed by atoms with Gasteiger partial charge >= 0.3 is 0 Å². The molecule has 0 heterocycles. The molecule has 0 aliphatic heterocycles. The molecule has 6 atom stereocenters. The molecule has 2 fully saturated rings. The molecule has 2 aliphatic rings. The highest BCUT2D eigenvalue weighted by atomic mass is 16.2. The number of carbonyl (C=O) groups is 3. The van der Waals surface area contributed by atoms with Crippen LogP contribution in [0.3, 0.4) is 0 Å². The molecule has 2 bridgehead atoms. The van der Waals surface area contributed by atoms with Gasteiger partial charge in [0.15, 0.2) is 0 Å². The average molecular weight is 462 g/mol. The Kier molecular flexibility index (Phi) is 7.66. The smallest absolute Gasteiger partial charge is 0.239 e. The van der Waals surface area contributed by atoms with Gasteiger partial charge in [0, 0.05) is 12.0 Å². The van der Waals surface area contributed by atoms with Crippen molar-refractivity contribution in [3.63, 3.8) is 0 Å². The lowest BCUT2D eigenvalue weighted by Crippen LogP contribution is -2.51. The Bertz CT molecular complexity index is 994. The molecule has 180 valence electrons. The van der Waals surface area contributed by atoms with Crippen LogP contribution in [0, 0.1) is 29.6 Å². The van der Waals surface area contributed by atoms with Gasteiger partial charge in [0.2, 0.25) is 17.7 Å². The maximum absolute atomic E-state index is 13.1. The molecule has 0 saturated heterocycles. The SMILES string of the molecule is C[C@H]1C2CCC1C(C(N)=O)C2NC(=O)CNC(=O)C(CCc1ccccc1)Cc1ccccc1. The van der Waals surface area contributed by atoms with E-state index in [4.69, 9.17) is 5.73 Å². The third-order valence-corrected chi connectivity index (χ3v) is 7.89. The lowest BCUT2D eigenvalue weighted by Gasteiger charge is -2.29. The number of nitrogens with one attached hydrogen (secondary N) is 2. The number of fused-ring (bicyclic) bond motifs is 2. The zero-order chi connectivity index (χ0) is 24.1. The van der Waals surface area contributed by atoms with Crippen molar-refractivity contribution in [2.24, 2.45) is 35.3 Å². The minimum Gasteiger partial charge on any atom is -0.369 e. The van der Waals surface area contributed by atoms with E-state index in [0.29, 0.717) is 18.8 Å². The van der Waals surface area contributed by atoms with E-state index in [9.17, 15) is 14.4 Å². The van der Waals surface area contributed by atoms with E-state index in [1.807, 2.05) is 48.5 Å². The lowest BCUT2D eigenvalue weighted by atomic mass is 9.84. The normalized spacial score (nSPS) is 26.1. The van der Waals surface area contributed by atoms with Gasteiger partial charge in [-0.1, -0.05) is 67.6 Å². The molecule has 0 spiro atoms. The first-order chi connectivity index (χ1) is 16.4. The van der Waals surface area contributed by atoms with Gasteiger partial charge in [-0.05, 0) is 61.0 Å². The fourth-order valence-corrected chi connectivity index (χ4v) is 6.12. The molecule has 5 unspecified atom stereocenters. The van der Waals surface area contributed by atoms with Crippen LogP contribution in [0.25, 0.3) is 0 Å². The first kappa shape index (κ1) is 24.0. The zero-order valence-corrected chi connectivity index (χ0v) is 19.8. The van der Waals surface area contributed by atoms with Crippen molar-refractivity contribution in [2.75, 3.05) is 6.54 Å². The molecule has 34 heavy (non-hydrogen) atoms. The minimum atomic E-state index is -0.336. The molecule has 6 heteroatoms. The summed E-state index contributed by atoms with van der Waals surface area (Å²) in [4.78, 5) is 37.9. The standard InChI is InChI=1S/C28H35N3O3/c1-18-22-14-15-23(18)26(25(22)27(29)33)31-24(32)17-30-28(34)21(16-20-10-6-3-7-11-20)13-12-19-8-4-2-5-9-19/h2-11,18,21-23,25-26H,12-17H2,1H3,(H2,29,33)(H,30,34)(H,31,32)/t18-,21?,22?,23?,25?,26?/m1/s1. The van der Waals surface area contributed by atoms with Crippen LogP contribution in [0.1, 0.15) is 37.3 Å². The average Bonchev–Trinajstić information content (AvgIpc) is 3.33. The molecule has 0 radical (unpaired) electrons. The number of carbonyl (C=O) groups excluding carboxylic acids is 3. The van der Waals surface area contributed by atoms with Crippen molar-refractivity contribution >= 4 is 17.7 Å². The Balaban J connectivity index is 1.35. The number of primary amides is 1.